The molecule has 1 aromatic heterocycles. The van der Waals surface area contributed by atoms with E-state index < -0.39 is 0 Å². The van der Waals surface area contributed by atoms with Gasteiger partial charge in [-0.05, 0) is 38.0 Å². The summed E-state index contributed by atoms with van der Waals surface area (Å²) in [6.07, 6.45) is 9.61. The summed E-state index contributed by atoms with van der Waals surface area (Å²) in [5.74, 6) is 0.975. The molecule has 1 atom stereocenters. The minimum absolute atomic E-state index is 0.118. The van der Waals surface area contributed by atoms with E-state index in [0.717, 1.165) is 25.0 Å². The zero-order chi connectivity index (χ0) is 14.8. The van der Waals surface area contributed by atoms with Crippen LogP contribution in [0.2, 0.25) is 0 Å². The number of anilines is 1. The Morgan fingerprint density at radius 3 is 2.67 bits per heavy atom. The summed E-state index contributed by atoms with van der Waals surface area (Å²) in [5.41, 5.74) is 7.97. The largest absolute Gasteiger partial charge is 0.395 e. The van der Waals surface area contributed by atoms with Gasteiger partial charge in [-0.3, -0.25) is 9.89 Å². The normalized spacial score (nSPS) is 21.2. The predicted octanol–water partition coefficient (Wildman–Crippen LogP) is 2.96. The summed E-state index contributed by atoms with van der Waals surface area (Å²) in [6.45, 7) is 2.14. The molecule has 0 aliphatic heterocycles. The van der Waals surface area contributed by atoms with Gasteiger partial charge in [0.05, 0.1) is 11.4 Å². The fraction of sp³-hybridized carbons (Fsp3) is 0.750. The summed E-state index contributed by atoms with van der Waals surface area (Å²) >= 11 is 0. The third-order valence-electron chi connectivity index (χ3n) is 5.01. The number of aromatic amines is 1. The first-order chi connectivity index (χ1) is 10.2. The highest BCUT2D eigenvalue weighted by atomic mass is 16.2. The predicted molar refractivity (Wildman–Crippen MR) is 83.1 cm³/mol. The Labute approximate surface area is 126 Å². The number of nitrogens with two attached hydrogens (primary N) is 1. The van der Waals surface area contributed by atoms with Crippen molar-refractivity contribution in [1.29, 1.82) is 0 Å². The zero-order valence-corrected chi connectivity index (χ0v) is 12.8. The van der Waals surface area contributed by atoms with Gasteiger partial charge in [0, 0.05) is 12.0 Å². The smallest absolute Gasteiger partial charge is 0.274 e. The number of aromatic nitrogens is 2. The summed E-state index contributed by atoms with van der Waals surface area (Å²) < 4.78 is 0. The lowest BCUT2D eigenvalue weighted by atomic mass is 9.83. The maximum absolute atomic E-state index is 12.5. The second-order valence-corrected chi connectivity index (χ2v) is 6.56. The maximum Gasteiger partial charge on any atom is 0.274 e. The van der Waals surface area contributed by atoms with Gasteiger partial charge < -0.3 is 11.1 Å². The van der Waals surface area contributed by atoms with Crippen LogP contribution in [0.1, 0.15) is 80.4 Å². The van der Waals surface area contributed by atoms with Crippen molar-refractivity contribution in [3.05, 3.63) is 11.4 Å². The van der Waals surface area contributed by atoms with Crippen LogP contribution in [0.4, 0.5) is 5.69 Å². The molecule has 2 fully saturated rings. The van der Waals surface area contributed by atoms with Gasteiger partial charge in [0.25, 0.3) is 5.91 Å². The topological polar surface area (TPSA) is 83.8 Å². The Morgan fingerprint density at radius 1 is 1.33 bits per heavy atom. The summed E-state index contributed by atoms with van der Waals surface area (Å²) in [6, 6.07) is 0.248. The second kappa shape index (κ2) is 6.08. The number of rotatable bonds is 5. The Kier molecular flexibility index (Phi) is 4.17. The van der Waals surface area contributed by atoms with Crippen molar-refractivity contribution in [2.24, 2.45) is 5.92 Å². The molecule has 21 heavy (non-hydrogen) atoms. The lowest BCUT2D eigenvalue weighted by molar-refractivity contribution is 0.0907. The first kappa shape index (κ1) is 14.4. The van der Waals surface area contributed by atoms with E-state index >= 15 is 0 Å². The van der Waals surface area contributed by atoms with Crippen LogP contribution in [0, 0.1) is 5.92 Å². The molecular formula is C16H26N4O. The van der Waals surface area contributed by atoms with E-state index in [1.807, 2.05) is 0 Å². The number of nitrogens with one attached hydrogen (secondary N) is 2. The van der Waals surface area contributed by atoms with Crippen LogP contribution in [0.3, 0.4) is 0 Å². The van der Waals surface area contributed by atoms with Gasteiger partial charge in [-0.1, -0.05) is 26.2 Å². The van der Waals surface area contributed by atoms with Crippen LogP contribution in [0.25, 0.3) is 0 Å². The third-order valence-corrected chi connectivity index (χ3v) is 5.01. The minimum Gasteiger partial charge on any atom is -0.395 e. The minimum atomic E-state index is -0.118. The molecule has 1 aromatic rings. The standard InChI is InChI=1S/C16H26N4O/c1-2-12(10-6-4-3-5-7-10)18-16(21)15-13(17)14(19-20-15)11-8-9-11/h10-12H,2-9,17H2,1H3,(H,18,21)(H,19,20). The SMILES string of the molecule is CCC(NC(=O)c1n[nH]c(C2CC2)c1N)C1CCCCC1. The van der Waals surface area contributed by atoms with Gasteiger partial charge in [0.1, 0.15) is 0 Å². The lowest BCUT2D eigenvalue weighted by Gasteiger charge is -2.30. The number of carbonyl (C=O) groups excluding carboxylic acids is 1. The second-order valence-electron chi connectivity index (χ2n) is 6.56. The van der Waals surface area contributed by atoms with E-state index in [-0.39, 0.29) is 11.9 Å². The van der Waals surface area contributed by atoms with Crippen LogP contribution < -0.4 is 11.1 Å². The highest BCUT2D eigenvalue weighted by Gasteiger charge is 2.31. The van der Waals surface area contributed by atoms with Crippen LogP contribution in [-0.4, -0.2) is 22.1 Å². The van der Waals surface area contributed by atoms with Crippen molar-refractivity contribution in [1.82, 2.24) is 15.5 Å². The molecule has 1 amide bonds. The van der Waals surface area contributed by atoms with Crippen LogP contribution in [-0.2, 0) is 0 Å². The molecule has 5 nitrogen and oxygen atoms in total. The van der Waals surface area contributed by atoms with Gasteiger partial charge >= 0.3 is 0 Å². The molecule has 1 heterocycles. The quantitative estimate of drug-likeness (QED) is 0.779. The lowest BCUT2D eigenvalue weighted by Crippen LogP contribution is -2.41. The number of nitrogens with zero attached hydrogens (tertiary/aromatic N) is 1. The summed E-state index contributed by atoms with van der Waals surface area (Å²) in [4.78, 5) is 12.5. The Bertz CT molecular complexity index is 500. The fourth-order valence-electron chi connectivity index (χ4n) is 3.55. The fourth-order valence-corrected chi connectivity index (χ4v) is 3.55. The molecule has 4 N–H and O–H groups in total. The summed E-state index contributed by atoms with van der Waals surface area (Å²) in [7, 11) is 0. The number of nitrogen functional groups attached to an aromatic ring is 1. The molecule has 0 bridgehead atoms. The molecule has 116 valence electrons. The molecular weight excluding hydrogens is 264 g/mol. The molecule has 2 aliphatic carbocycles. The van der Waals surface area contributed by atoms with Gasteiger partial charge in [0.15, 0.2) is 5.69 Å². The molecule has 1 unspecified atom stereocenters. The molecule has 5 heteroatoms. The summed E-state index contributed by atoms with van der Waals surface area (Å²) in [5, 5.41) is 10.3. The van der Waals surface area contributed by atoms with Crippen molar-refractivity contribution in [2.45, 2.75) is 70.3 Å². The van der Waals surface area contributed by atoms with Crippen molar-refractivity contribution in [3.8, 4) is 0 Å². The molecule has 0 radical (unpaired) electrons. The number of carbonyl (C=O) groups is 1. The number of amides is 1. The third kappa shape index (κ3) is 3.06. The molecule has 3 rings (SSSR count). The van der Waals surface area contributed by atoms with Crippen LogP contribution in [0.15, 0.2) is 0 Å². The van der Waals surface area contributed by atoms with Gasteiger partial charge in [0.2, 0.25) is 0 Å². The number of H-pyrrole nitrogens is 1. The van der Waals surface area contributed by atoms with Crippen molar-refractivity contribution >= 4 is 11.6 Å². The van der Waals surface area contributed by atoms with Crippen molar-refractivity contribution in [2.75, 3.05) is 5.73 Å². The molecule has 0 aromatic carbocycles. The van der Waals surface area contributed by atoms with Gasteiger partial charge in [-0.15, -0.1) is 0 Å². The van der Waals surface area contributed by atoms with Gasteiger partial charge in [-0.2, -0.15) is 5.10 Å². The highest BCUT2D eigenvalue weighted by Crippen LogP contribution is 2.42. The van der Waals surface area contributed by atoms with Gasteiger partial charge in [-0.25, -0.2) is 0 Å². The molecule has 0 spiro atoms. The Hall–Kier alpha value is -1.52. The highest BCUT2D eigenvalue weighted by molar-refractivity contribution is 5.97. The average molecular weight is 290 g/mol. The first-order valence-electron chi connectivity index (χ1n) is 8.35. The number of hydrogen-bond donors (Lipinski definition) is 3. The molecule has 2 saturated carbocycles. The Balaban J connectivity index is 1.66. The van der Waals surface area contributed by atoms with Crippen LogP contribution >= 0.6 is 0 Å². The maximum atomic E-state index is 12.5. The van der Waals surface area contributed by atoms with E-state index in [1.54, 1.807) is 0 Å². The van der Waals surface area contributed by atoms with Crippen molar-refractivity contribution < 1.29 is 4.79 Å². The zero-order valence-electron chi connectivity index (χ0n) is 12.8. The monoisotopic (exact) mass is 290 g/mol. The molecule has 0 saturated heterocycles. The van der Waals surface area contributed by atoms with E-state index in [9.17, 15) is 4.79 Å². The van der Waals surface area contributed by atoms with Crippen LogP contribution in [0.5, 0.6) is 0 Å². The Morgan fingerprint density at radius 2 is 2.05 bits per heavy atom. The first-order valence-corrected chi connectivity index (χ1v) is 8.35. The average Bonchev–Trinajstić information content (AvgIpc) is 3.28. The molecule has 2 aliphatic rings. The number of hydrogen-bond acceptors (Lipinski definition) is 3. The van der Waals surface area contributed by atoms with E-state index in [4.69, 9.17) is 5.73 Å². The van der Waals surface area contributed by atoms with Crippen molar-refractivity contribution in [3.63, 3.8) is 0 Å². The van der Waals surface area contributed by atoms with E-state index in [1.165, 1.54) is 32.1 Å². The van der Waals surface area contributed by atoms with E-state index in [2.05, 4.69) is 22.4 Å². The van der Waals surface area contributed by atoms with E-state index in [0.29, 0.717) is 23.2 Å².